The van der Waals surface area contributed by atoms with E-state index in [0.717, 1.165) is 12.1 Å². The number of rotatable bonds is 2. The Kier molecular flexibility index (Phi) is 3.04. The molecule has 1 aromatic heterocycles. The van der Waals surface area contributed by atoms with Crippen molar-refractivity contribution in [2.45, 2.75) is 6.18 Å². The van der Waals surface area contributed by atoms with Crippen LogP contribution in [0.4, 0.5) is 13.2 Å². The zero-order chi connectivity index (χ0) is 12.3. The van der Waals surface area contributed by atoms with Gasteiger partial charge in [0.1, 0.15) is 5.76 Å². The summed E-state index contributed by atoms with van der Waals surface area (Å²) in [5.74, 6) is 0.599. The Morgan fingerprint density at radius 3 is 2.47 bits per heavy atom. The van der Waals surface area contributed by atoms with Gasteiger partial charge in [0.25, 0.3) is 0 Å². The lowest BCUT2D eigenvalue weighted by Gasteiger charge is -2.06. The number of alkyl halides is 3. The molecule has 0 aliphatic carbocycles. The minimum Gasteiger partial charge on any atom is -0.465 e. The molecule has 0 unspecified atom stereocenters. The molecule has 17 heavy (non-hydrogen) atoms. The van der Waals surface area contributed by atoms with E-state index in [1.54, 1.807) is 30.4 Å². The summed E-state index contributed by atoms with van der Waals surface area (Å²) in [5.41, 5.74) is -0.171. The van der Waals surface area contributed by atoms with Crippen molar-refractivity contribution in [1.29, 1.82) is 0 Å². The predicted molar refractivity (Wildman–Crippen MR) is 59.1 cm³/mol. The summed E-state index contributed by atoms with van der Waals surface area (Å²) in [6, 6.07) is 8.57. The van der Waals surface area contributed by atoms with E-state index in [0.29, 0.717) is 11.3 Å². The smallest absolute Gasteiger partial charge is 0.416 e. The van der Waals surface area contributed by atoms with E-state index in [9.17, 15) is 13.2 Å². The summed E-state index contributed by atoms with van der Waals surface area (Å²) in [6.45, 7) is 0. The maximum absolute atomic E-state index is 12.4. The lowest BCUT2D eigenvalue weighted by molar-refractivity contribution is -0.137. The lowest BCUT2D eigenvalue weighted by atomic mass is 10.1. The maximum atomic E-state index is 12.4. The molecule has 0 saturated carbocycles. The summed E-state index contributed by atoms with van der Waals surface area (Å²) >= 11 is 0. The standard InChI is InChI=1S/C13H9F3O/c14-13(15,16)11-4-1-3-10(9-11)6-7-12-5-2-8-17-12/h1-9H/b7-6+. The summed E-state index contributed by atoms with van der Waals surface area (Å²) in [7, 11) is 0. The van der Waals surface area contributed by atoms with Gasteiger partial charge in [-0.2, -0.15) is 13.2 Å². The number of hydrogen-bond donors (Lipinski definition) is 0. The number of hydrogen-bond acceptors (Lipinski definition) is 1. The zero-order valence-electron chi connectivity index (χ0n) is 8.74. The van der Waals surface area contributed by atoms with Gasteiger partial charge < -0.3 is 4.42 Å². The quantitative estimate of drug-likeness (QED) is 0.752. The molecule has 0 bridgehead atoms. The number of furan rings is 1. The van der Waals surface area contributed by atoms with Gasteiger partial charge in [0, 0.05) is 0 Å². The normalized spacial score (nSPS) is 12.2. The average Bonchev–Trinajstić information content (AvgIpc) is 2.78. The van der Waals surface area contributed by atoms with E-state index in [1.165, 1.54) is 12.3 Å². The second-order valence-corrected chi connectivity index (χ2v) is 3.47. The van der Waals surface area contributed by atoms with Crippen LogP contribution in [0.15, 0.2) is 47.1 Å². The molecule has 0 amide bonds. The molecule has 0 N–H and O–H groups in total. The van der Waals surface area contributed by atoms with E-state index >= 15 is 0 Å². The molecule has 0 aliphatic rings. The Morgan fingerprint density at radius 1 is 1.00 bits per heavy atom. The Bertz CT molecular complexity index is 510. The van der Waals surface area contributed by atoms with Crippen molar-refractivity contribution < 1.29 is 17.6 Å². The van der Waals surface area contributed by atoms with Crippen molar-refractivity contribution in [3.05, 3.63) is 59.5 Å². The fraction of sp³-hybridized carbons (Fsp3) is 0.0769. The van der Waals surface area contributed by atoms with Crippen LogP contribution in [0.1, 0.15) is 16.9 Å². The highest BCUT2D eigenvalue weighted by molar-refractivity contribution is 5.67. The van der Waals surface area contributed by atoms with Crippen molar-refractivity contribution in [2.24, 2.45) is 0 Å². The van der Waals surface area contributed by atoms with Crippen molar-refractivity contribution in [3.63, 3.8) is 0 Å². The predicted octanol–water partition coefficient (Wildman–Crippen LogP) is 4.47. The monoisotopic (exact) mass is 238 g/mol. The second-order valence-electron chi connectivity index (χ2n) is 3.47. The van der Waals surface area contributed by atoms with Gasteiger partial charge in [-0.3, -0.25) is 0 Å². The third-order valence-corrected chi connectivity index (χ3v) is 2.20. The fourth-order valence-electron chi connectivity index (χ4n) is 1.38. The Morgan fingerprint density at radius 2 is 1.82 bits per heavy atom. The van der Waals surface area contributed by atoms with Gasteiger partial charge in [0.15, 0.2) is 0 Å². The first-order valence-corrected chi connectivity index (χ1v) is 4.94. The Hall–Kier alpha value is -1.97. The fourth-order valence-corrected chi connectivity index (χ4v) is 1.38. The zero-order valence-corrected chi connectivity index (χ0v) is 8.74. The minimum absolute atomic E-state index is 0.483. The number of benzene rings is 1. The first kappa shape index (κ1) is 11.5. The molecule has 1 heterocycles. The lowest BCUT2D eigenvalue weighted by Crippen LogP contribution is -2.04. The van der Waals surface area contributed by atoms with E-state index in [-0.39, 0.29) is 0 Å². The van der Waals surface area contributed by atoms with E-state index in [2.05, 4.69) is 0 Å². The Labute approximate surface area is 96.2 Å². The highest BCUT2D eigenvalue weighted by Crippen LogP contribution is 2.29. The van der Waals surface area contributed by atoms with Crippen LogP contribution in [-0.4, -0.2) is 0 Å². The summed E-state index contributed by atoms with van der Waals surface area (Å²) in [4.78, 5) is 0. The first-order chi connectivity index (χ1) is 8.05. The van der Waals surface area contributed by atoms with Crippen molar-refractivity contribution >= 4 is 12.2 Å². The molecule has 1 nitrogen and oxygen atoms in total. The van der Waals surface area contributed by atoms with Crippen molar-refractivity contribution in [3.8, 4) is 0 Å². The van der Waals surface area contributed by atoms with Gasteiger partial charge in [0.05, 0.1) is 11.8 Å². The van der Waals surface area contributed by atoms with Crippen LogP contribution in [0.2, 0.25) is 0 Å². The highest BCUT2D eigenvalue weighted by Gasteiger charge is 2.30. The van der Waals surface area contributed by atoms with E-state index < -0.39 is 11.7 Å². The van der Waals surface area contributed by atoms with Crippen LogP contribution in [0.3, 0.4) is 0 Å². The van der Waals surface area contributed by atoms with Crippen molar-refractivity contribution in [2.75, 3.05) is 0 Å². The van der Waals surface area contributed by atoms with Gasteiger partial charge >= 0.3 is 6.18 Å². The first-order valence-electron chi connectivity index (χ1n) is 4.94. The van der Waals surface area contributed by atoms with Gasteiger partial charge in [-0.1, -0.05) is 18.2 Å². The summed E-state index contributed by atoms with van der Waals surface area (Å²) in [5, 5.41) is 0. The minimum atomic E-state index is -4.31. The van der Waals surface area contributed by atoms with Crippen LogP contribution in [0.25, 0.3) is 12.2 Å². The maximum Gasteiger partial charge on any atom is 0.416 e. The summed E-state index contributed by atoms with van der Waals surface area (Å²) < 4.78 is 42.4. The van der Waals surface area contributed by atoms with Crippen LogP contribution in [0, 0.1) is 0 Å². The largest absolute Gasteiger partial charge is 0.465 e. The molecular formula is C13H9F3O. The van der Waals surface area contributed by atoms with Crippen LogP contribution in [0.5, 0.6) is 0 Å². The molecule has 88 valence electrons. The second kappa shape index (κ2) is 4.49. The molecule has 1 aromatic carbocycles. The number of halogens is 3. The van der Waals surface area contributed by atoms with Gasteiger partial charge in [-0.05, 0) is 35.9 Å². The third kappa shape index (κ3) is 3.00. The van der Waals surface area contributed by atoms with Crippen LogP contribution in [-0.2, 0) is 6.18 Å². The molecule has 2 rings (SSSR count). The van der Waals surface area contributed by atoms with Crippen LogP contribution >= 0.6 is 0 Å². The van der Waals surface area contributed by atoms with Gasteiger partial charge in [-0.25, -0.2) is 0 Å². The molecule has 0 atom stereocenters. The van der Waals surface area contributed by atoms with Gasteiger partial charge in [0.2, 0.25) is 0 Å². The molecule has 0 spiro atoms. The van der Waals surface area contributed by atoms with E-state index in [1.807, 2.05) is 0 Å². The van der Waals surface area contributed by atoms with Crippen molar-refractivity contribution in [1.82, 2.24) is 0 Å². The summed E-state index contributed by atoms with van der Waals surface area (Å²) in [6.07, 6.45) is 0.393. The SMILES string of the molecule is FC(F)(F)c1cccc(/C=C/c2ccco2)c1. The molecule has 0 radical (unpaired) electrons. The topological polar surface area (TPSA) is 13.1 Å². The molecule has 0 saturated heterocycles. The average molecular weight is 238 g/mol. The Balaban J connectivity index is 2.23. The highest BCUT2D eigenvalue weighted by atomic mass is 19.4. The molecule has 4 heteroatoms. The third-order valence-electron chi connectivity index (χ3n) is 2.20. The van der Waals surface area contributed by atoms with Crippen LogP contribution < -0.4 is 0 Å². The molecular weight excluding hydrogens is 229 g/mol. The molecule has 0 fully saturated rings. The van der Waals surface area contributed by atoms with Gasteiger partial charge in [-0.15, -0.1) is 0 Å². The molecule has 0 aliphatic heterocycles. The van der Waals surface area contributed by atoms with E-state index in [4.69, 9.17) is 4.42 Å². The molecule has 2 aromatic rings.